The van der Waals surface area contributed by atoms with E-state index in [-0.39, 0.29) is 5.91 Å². The normalized spacial score (nSPS) is 14.7. The van der Waals surface area contributed by atoms with E-state index >= 15 is 0 Å². The van der Waals surface area contributed by atoms with Gasteiger partial charge in [-0.2, -0.15) is 0 Å². The largest absolute Gasteiger partial charge is 0.457 e. The minimum absolute atomic E-state index is 0.0477. The number of likely N-dealkylation sites (N-methyl/N-ethyl adjacent to an activating group) is 1. The summed E-state index contributed by atoms with van der Waals surface area (Å²) in [7, 11) is 2.08. The molecule has 0 unspecified atom stereocenters. The molecule has 1 aromatic heterocycles. The van der Waals surface area contributed by atoms with Crippen LogP contribution in [0.3, 0.4) is 0 Å². The third-order valence-corrected chi connectivity index (χ3v) is 4.94. The first kappa shape index (κ1) is 18.2. The Morgan fingerprint density at radius 3 is 2.25 bits per heavy atom. The fourth-order valence-corrected chi connectivity index (χ4v) is 3.25. The lowest BCUT2D eigenvalue weighted by Gasteiger charge is -2.32. The zero-order chi connectivity index (χ0) is 19.3. The summed E-state index contributed by atoms with van der Waals surface area (Å²) in [6.07, 6.45) is 3.44. The third kappa shape index (κ3) is 4.21. The monoisotopic (exact) mass is 373 g/mol. The van der Waals surface area contributed by atoms with E-state index in [0.29, 0.717) is 5.56 Å². The predicted octanol–water partition coefficient (Wildman–Crippen LogP) is 3.93. The molecule has 142 valence electrons. The maximum absolute atomic E-state index is 12.8. The van der Waals surface area contributed by atoms with E-state index in [1.54, 1.807) is 12.4 Å². The fourth-order valence-electron chi connectivity index (χ4n) is 3.25. The molecule has 2 aromatic carbocycles. The molecule has 0 aliphatic carbocycles. The Kier molecular flexibility index (Phi) is 5.35. The van der Waals surface area contributed by atoms with Crippen LogP contribution in [0.2, 0.25) is 0 Å². The minimum Gasteiger partial charge on any atom is -0.457 e. The molecule has 4 rings (SSSR count). The Labute approximate surface area is 165 Å². The number of aromatic nitrogens is 1. The van der Waals surface area contributed by atoms with Crippen molar-refractivity contribution in [3.63, 3.8) is 0 Å². The van der Waals surface area contributed by atoms with E-state index in [2.05, 4.69) is 16.9 Å². The number of nitrogens with zero attached hydrogens (tertiary/aromatic N) is 3. The fraction of sp³-hybridized carbons (Fsp3) is 0.217. The Balaban J connectivity index is 1.49. The van der Waals surface area contributed by atoms with Crippen molar-refractivity contribution in [2.75, 3.05) is 33.2 Å². The van der Waals surface area contributed by atoms with Crippen LogP contribution < -0.4 is 4.74 Å². The van der Waals surface area contributed by atoms with Gasteiger partial charge in [-0.15, -0.1) is 0 Å². The quantitative estimate of drug-likeness (QED) is 0.695. The second-order valence-corrected chi connectivity index (χ2v) is 7.00. The Bertz CT molecular complexity index is 934. The summed E-state index contributed by atoms with van der Waals surface area (Å²) >= 11 is 0. The molecule has 1 fully saturated rings. The van der Waals surface area contributed by atoms with Gasteiger partial charge in [-0.05, 0) is 42.9 Å². The maximum atomic E-state index is 12.8. The smallest absolute Gasteiger partial charge is 0.255 e. The SMILES string of the molecule is CN1CCN(C(=O)c2cncc(-c3ccc(Oc4ccccc4)cc3)c2)CC1. The maximum Gasteiger partial charge on any atom is 0.255 e. The van der Waals surface area contributed by atoms with Crippen LogP contribution in [0.1, 0.15) is 10.4 Å². The van der Waals surface area contributed by atoms with Gasteiger partial charge in [-0.3, -0.25) is 9.78 Å². The van der Waals surface area contributed by atoms with Gasteiger partial charge in [0.1, 0.15) is 11.5 Å². The number of benzene rings is 2. The molecular formula is C23H23N3O2. The lowest BCUT2D eigenvalue weighted by Crippen LogP contribution is -2.47. The number of piperazine rings is 1. The van der Waals surface area contributed by atoms with Gasteiger partial charge >= 0.3 is 0 Å². The highest BCUT2D eigenvalue weighted by molar-refractivity contribution is 5.95. The van der Waals surface area contributed by atoms with Crippen LogP contribution >= 0.6 is 0 Å². The Morgan fingerprint density at radius 1 is 0.857 bits per heavy atom. The van der Waals surface area contributed by atoms with Gasteiger partial charge in [0.05, 0.1) is 5.56 Å². The van der Waals surface area contributed by atoms with Crippen LogP contribution in [0.25, 0.3) is 11.1 Å². The van der Waals surface area contributed by atoms with Crippen LogP contribution in [0.5, 0.6) is 11.5 Å². The number of amides is 1. The zero-order valence-electron chi connectivity index (χ0n) is 15.9. The van der Waals surface area contributed by atoms with Crippen molar-refractivity contribution in [2.24, 2.45) is 0 Å². The summed E-state index contributed by atoms with van der Waals surface area (Å²) < 4.78 is 5.84. The van der Waals surface area contributed by atoms with Crippen LogP contribution in [0, 0.1) is 0 Å². The van der Waals surface area contributed by atoms with Crippen LogP contribution in [0.4, 0.5) is 0 Å². The third-order valence-electron chi connectivity index (χ3n) is 4.94. The van der Waals surface area contributed by atoms with Gasteiger partial charge in [0.15, 0.2) is 0 Å². The zero-order valence-corrected chi connectivity index (χ0v) is 15.9. The molecule has 0 radical (unpaired) electrons. The highest BCUT2D eigenvalue weighted by Crippen LogP contribution is 2.26. The van der Waals surface area contributed by atoms with Crippen molar-refractivity contribution in [1.29, 1.82) is 0 Å². The minimum atomic E-state index is 0.0477. The van der Waals surface area contributed by atoms with Gasteiger partial charge < -0.3 is 14.5 Å². The summed E-state index contributed by atoms with van der Waals surface area (Å²) in [6.45, 7) is 3.32. The number of ether oxygens (including phenoxy) is 1. The van der Waals surface area contributed by atoms with Crippen LogP contribution in [0.15, 0.2) is 73.1 Å². The van der Waals surface area contributed by atoms with Crippen LogP contribution in [-0.4, -0.2) is 53.9 Å². The molecule has 0 N–H and O–H groups in total. The molecule has 1 aliphatic rings. The molecule has 3 aromatic rings. The Hall–Kier alpha value is -3.18. The van der Waals surface area contributed by atoms with E-state index in [9.17, 15) is 4.79 Å². The molecule has 0 atom stereocenters. The number of hydrogen-bond acceptors (Lipinski definition) is 4. The number of carbonyl (C=O) groups excluding carboxylic acids is 1. The topological polar surface area (TPSA) is 45.7 Å². The summed E-state index contributed by atoms with van der Waals surface area (Å²) in [5.74, 6) is 1.62. The van der Waals surface area contributed by atoms with Crippen molar-refractivity contribution in [2.45, 2.75) is 0 Å². The van der Waals surface area contributed by atoms with Crippen molar-refractivity contribution < 1.29 is 9.53 Å². The average molecular weight is 373 g/mol. The number of pyridine rings is 1. The predicted molar refractivity (Wildman–Crippen MR) is 110 cm³/mol. The summed E-state index contributed by atoms with van der Waals surface area (Å²) in [5, 5.41) is 0. The van der Waals surface area contributed by atoms with Gasteiger partial charge in [0, 0.05) is 44.1 Å². The second kappa shape index (κ2) is 8.23. The molecular weight excluding hydrogens is 350 g/mol. The first-order valence-corrected chi connectivity index (χ1v) is 9.45. The molecule has 1 amide bonds. The van der Waals surface area contributed by atoms with Gasteiger partial charge in [-0.1, -0.05) is 30.3 Å². The number of carbonyl (C=O) groups is 1. The molecule has 0 bridgehead atoms. The van der Waals surface area contributed by atoms with Gasteiger partial charge in [-0.25, -0.2) is 0 Å². The number of rotatable bonds is 4. The molecule has 1 saturated heterocycles. The van der Waals surface area contributed by atoms with Crippen molar-refractivity contribution >= 4 is 5.91 Å². The molecule has 2 heterocycles. The molecule has 5 heteroatoms. The van der Waals surface area contributed by atoms with E-state index in [0.717, 1.165) is 48.8 Å². The summed E-state index contributed by atoms with van der Waals surface area (Å²) in [6, 6.07) is 19.4. The molecule has 5 nitrogen and oxygen atoms in total. The second-order valence-electron chi connectivity index (χ2n) is 7.00. The highest BCUT2D eigenvalue weighted by atomic mass is 16.5. The average Bonchev–Trinajstić information content (AvgIpc) is 2.75. The lowest BCUT2D eigenvalue weighted by atomic mass is 10.1. The van der Waals surface area contributed by atoms with Crippen LogP contribution in [-0.2, 0) is 0 Å². The highest BCUT2D eigenvalue weighted by Gasteiger charge is 2.20. The van der Waals surface area contributed by atoms with E-state index in [4.69, 9.17) is 4.74 Å². The molecule has 28 heavy (non-hydrogen) atoms. The summed E-state index contributed by atoms with van der Waals surface area (Å²) in [4.78, 5) is 21.2. The number of hydrogen-bond donors (Lipinski definition) is 0. The first-order chi connectivity index (χ1) is 13.7. The molecule has 1 aliphatic heterocycles. The molecule has 0 saturated carbocycles. The van der Waals surface area contributed by atoms with Crippen molar-refractivity contribution in [1.82, 2.24) is 14.8 Å². The van der Waals surface area contributed by atoms with E-state index in [1.165, 1.54) is 0 Å². The summed E-state index contributed by atoms with van der Waals surface area (Å²) in [5.41, 5.74) is 2.55. The number of para-hydroxylation sites is 1. The lowest BCUT2D eigenvalue weighted by molar-refractivity contribution is 0.0663. The van der Waals surface area contributed by atoms with E-state index in [1.807, 2.05) is 65.6 Å². The Morgan fingerprint density at radius 2 is 1.54 bits per heavy atom. The van der Waals surface area contributed by atoms with Gasteiger partial charge in [0.2, 0.25) is 0 Å². The van der Waals surface area contributed by atoms with Gasteiger partial charge in [0.25, 0.3) is 5.91 Å². The first-order valence-electron chi connectivity index (χ1n) is 9.45. The van der Waals surface area contributed by atoms with Crippen molar-refractivity contribution in [3.05, 3.63) is 78.6 Å². The standard InChI is InChI=1S/C23H23N3O2/c1-25-11-13-26(14-12-25)23(27)20-15-19(16-24-17-20)18-7-9-22(10-8-18)28-21-5-3-2-4-6-21/h2-10,15-17H,11-14H2,1H3. The van der Waals surface area contributed by atoms with Crippen molar-refractivity contribution in [3.8, 4) is 22.6 Å². The van der Waals surface area contributed by atoms with E-state index < -0.39 is 0 Å². The molecule has 0 spiro atoms.